The topological polar surface area (TPSA) is 18.5 Å². The molecule has 19 heavy (non-hydrogen) atoms. The van der Waals surface area contributed by atoms with E-state index in [1.54, 1.807) is 0 Å². The van der Waals surface area contributed by atoms with Crippen LogP contribution in [0.3, 0.4) is 0 Å². The van der Waals surface area contributed by atoms with Crippen molar-refractivity contribution >= 4 is 0 Å². The van der Waals surface area contributed by atoms with Crippen LogP contribution in [0, 0.1) is 5.92 Å². The van der Waals surface area contributed by atoms with E-state index in [1.807, 2.05) is 0 Å². The fraction of sp³-hybridized carbons (Fsp3) is 1.00. The predicted molar refractivity (Wildman–Crippen MR) is 80.5 cm³/mol. The lowest BCUT2D eigenvalue weighted by Crippen LogP contribution is -2.35. The molecule has 1 saturated carbocycles. The molecule has 3 fully saturated rings. The van der Waals surface area contributed by atoms with Crippen LogP contribution in [-0.4, -0.2) is 61.2 Å². The summed E-state index contributed by atoms with van der Waals surface area (Å²) < 4.78 is 0. The van der Waals surface area contributed by atoms with Gasteiger partial charge in [-0.25, -0.2) is 0 Å². The molecular formula is C16H31N3. The second-order valence-electron chi connectivity index (χ2n) is 6.85. The van der Waals surface area contributed by atoms with Gasteiger partial charge in [0.2, 0.25) is 0 Å². The molecule has 3 aliphatic rings. The number of nitrogens with zero attached hydrogens (tertiary/aromatic N) is 2. The Morgan fingerprint density at radius 1 is 1.00 bits per heavy atom. The summed E-state index contributed by atoms with van der Waals surface area (Å²) in [7, 11) is 0. The smallest absolute Gasteiger partial charge is 0.00965 e. The Hall–Kier alpha value is -0.120. The van der Waals surface area contributed by atoms with E-state index < -0.39 is 0 Å². The molecule has 2 heterocycles. The summed E-state index contributed by atoms with van der Waals surface area (Å²) >= 11 is 0. The average Bonchev–Trinajstić information content (AvgIpc) is 3.21. The lowest BCUT2D eigenvalue weighted by Gasteiger charge is -2.20. The lowest BCUT2D eigenvalue weighted by atomic mass is 10.1. The third-order valence-corrected chi connectivity index (χ3v) is 5.34. The Balaban J connectivity index is 1.35. The summed E-state index contributed by atoms with van der Waals surface area (Å²) in [6.45, 7) is 10.1. The Bertz CT molecular complexity index is 277. The number of likely N-dealkylation sites (tertiary alicyclic amines) is 2. The van der Waals surface area contributed by atoms with Gasteiger partial charge < -0.3 is 15.1 Å². The Morgan fingerprint density at radius 3 is 2.68 bits per heavy atom. The minimum absolute atomic E-state index is 0.784. The molecule has 0 spiro atoms. The molecule has 1 N–H and O–H groups in total. The van der Waals surface area contributed by atoms with Crippen molar-refractivity contribution < 1.29 is 0 Å². The zero-order chi connectivity index (χ0) is 13.1. The van der Waals surface area contributed by atoms with Crippen LogP contribution in [0.15, 0.2) is 0 Å². The molecule has 2 unspecified atom stereocenters. The molecule has 0 aromatic heterocycles. The van der Waals surface area contributed by atoms with E-state index in [1.165, 1.54) is 77.8 Å². The van der Waals surface area contributed by atoms with Crippen LogP contribution >= 0.6 is 0 Å². The number of hydrogen-bond acceptors (Lipinski definition) is 3. The highest BCUT2D eigenvalue weighted by atomic mass is 15.2. The quantitative estimate of drug-likeness (QED) is 0.819. The van der Waals surface area contributed by atoms with Crippen molar-refractivity contribution in [1.29, 1.82) is 0 Å². The molecular weight excluding hydrogens is 234 g/mol. The Morgan fingerprint density at radius 2 is 1.89 bits per heavy atom. The second-order valence-corrected chi connectivity index (χ2v) is 6.85. The number of rotatable bonds is 5. The largest absolute Gasteiger partial charge is 0.314 e. The van der Waals surface area contributed by atoms with Gasteiger partial charge in [-0.3, -0.25) is 0 Å². The SMILES string of the molecule is CCN1CCCC(NCC2CCN(C3CC3)C2)CC1. The first-order valence-electron chi connectivity index (χ1n) is 8.55. The van der Waals surface area contributed by atoms with Gasteiger partial charge in [-0.05, 0) is 77.2 Å². The van der Waals surface area contributed by atoms with Gasteiger partial charge in [0.1, 0.15) is 0 Å². The Kier molecular flexibility index (Phi) is 4.78. The first kappa shape index (κ1) is 13.8. The van der Waals surface area contributed by atoms with Crippen LogP contribution in [0.5, 0.6) is 0 Å². The van der Waals surface area contributed by atoms with Gasteiger partial charge in [-0.1, -0.05) is 6.92 Å². The molecule has 3 heteroatoms. The van der Waals surface area contributed by atoms with Crippen LogP contribution < -0.4 is 5.32 Å². The summed E-state index contributed by atoms with van der Waals surface area (Å²) in [5.41, 5.74) is 0. The predicted octanol–water partition coefficient (Wildman–Crippen LogP) is 1.93. The number of hydrogen-bond donors (Lipinski definition) is 1. The second kappa shape index (κ2) is 6.55. The summed E-state index contributed by atoms with van der Waals surface area (Å²) in [6, 6.07) is 1.76. The van der Waals surface area contributed by atoms with Crippen LogP contribution in [0.25, 0.3) is 0 Å². The normalized spacial score (nSPS) is 34.6. The van der Waals surface area contributed by atoms with Gasteiger partial charge in [0, 0.05) is 18.6 Å². The van der Waals surface area contributed by atoms with Crippen molar-refractivity contribution in [2.75, 3.05) is 39.3 Å². The monoisotopic (exact) mass is 265 g/mol. The van der Waals surface area contributed by atoms with E-state index >= 15 is 0 Å². The van der Waals surface area contributed by atoms with Crippen LogP contribution in [0.2, 0.25) is 0 Å². The van der Waals surface area contributed by atoms with Crippen LogP contribution in [-0.2, 0) is 0 Å². The molecule has 3 rings (SSSR count). The summed E-state index contributed by atoms with van der Waals surface area (Å²) in [5.74, 6) is 0.922. The van der Waals surface area contributed by atoms with E-state index in [9.17, 15) is 0 Å². The van der Waals surface area contributed by atoms with E-state index in [-0.39, 0.29) is 0 Å². The highest BCUT2D eigenvalue weighted by Crippen LogP contribution is 2.31. The summed E-state index contributed by atoms with van der Waals surface area (Å²) in [4.78, 5) is 5.34. The lowest BCUT2D eigenvalue weighted by molar-refractivity contribution is 0.293. The summed E-state index contributed by atoms with van der Waals surface area (Å²) in [6.07, 6.45) is 8.48. The van der Waals surface area contributed by atoms with Crippen molar-refractivity contribution in [1.82, 2.24) is 15.1 Å². The van der Waals surface area contributed by atoms with Crippen molar-refractivity contribution in [3.63, 3.8) is 0 Å². The number of nitrogens with one attached hydrogen (secondary N) is 1. The zero-order valence-electron chi connectivity index (χ0n) is 12.6. The molecule has 3 nitrogen and oxygen atoms in total. The van der Waals surface area contributed by atoms with Gasteiger partial charge in [0.15, 0.2) is 0 Å². The van der Waals surface area contributed by atoms with Gasteiger partial charge in [0.25, 0.3) is 0 Å². The molecule has 2 atom stereocenters. The molecule has 0 radical (unpaired) electrons. The molecule has 0 amide bonds. The maximum absolute atomic E-state index is 3.87. The van der Waals surface area contributed by atoms with E-state index in [0.717, 1.165) is 18.0 Å². The molecule has 0 aromatic carbocycles. The first-order valence-corrected chi connectivity index (χ1v) is 8.55. The molecule has 0 bridgehead atoms. The Labute approximate surface area is 118 Å². The minimum Gasteiger partial charge on any atom is -0.314 e. The summed E-state index contributed by atoms with van der Waals surface area (Å²) in [5, 5.41) is 3.87. The molecule has 1 aliphatic carbocycles. The molecule has 2 aliphatic heterocycles. The maximum atomic E-state index is 3.87. The van der Waals surface area contributed by atoms with Gasteiger partial charge >= 0.3 is 0 Å². The first-order chi connectivity index (χ1) is 9.35. The standard InChI is InChI=1S/C16H31N3/c1-2-18-9-3-4-15(8-10-18)17-12-14-7-11-19(13-14)16-5-6-16/h14-17H,2-13H2,1H3. The van der Waals surface area contributed by atoms with Crippen molar-refractivity contribution in [3.8, 4) is 0 Å². The zero-order valence-corrected chi connectivity index (χ0v) is 12.6. The van der Waals surface area contributed by atoms with E-state index in [4.69, 9.17) is 0 Å². The highest BCUT2D eigenvalue weighted by molar-refractivity contribution is 4.90. The van der Waals surface area contributed by atoms with E-state index in [0.29, 0.717) is 0 Å². The fourth-order valence-corrected chi connectivity index (χ4v) is 3.81. The van der Waals surface area contributed by atoms with Crippen molar-refractivity contribution in [2.24, 2.45) is 5.92 Å². The van der Waals surface area contributed by atoms with E-state index in [2.05, 4.69) is 22.0 Å². The minimum atomic E-state index is 0.784. The maximum Gasteiger partial charge on any atom is 0.00965 e. The third kappa shape index (κ3) is 3.93. The molecule has 2 saturated heterocycles. The molecule has 110 valence electrons. The van der Waals surface area contributed by atoms with Gasteiger partial charge in [-0.2, -0.15) is 0 Å². The van der Waals surface area contributed by atoms with Crippen molar-refractivity contribution in [2.45, 2.75) is 57.5 Å². The van der Waals surface area contributed by atoms with Gasteiger partial charge in [-0.15, -0.1) is 0 Å². The molecule has 0 aromatic rings. The third-order valence-electron chi connectivity index (χ3n) is 5.34. The van der Waals surface area contributed by atoms with Gasteiger partial charge in [0.05, 0.1) is 0 Å². The van der Waals surface area contributed by atoms with Crippen LogP contribution in [0.1, 0.15) is 45.4 Å². The fourth-order valence-electron chi connectivity index (χ4n) is 3.81. The van der Waals surface area contributed by atoms with Crippen molar-refractivity contribution in [3.05, 3.63) is 0 Å². The average molecular weight is 265 g/mol. The van der Waals surface area contributed by atoms with Crippen LogP contribution in [0.4, 0.5) is 0 Å². The highest BCUT2D eigenvalue weighted by Gasteiger charge is 2.34.